The summed E-state index contributed by atoms with van der Waals surface area (Å²) in [5.41, 5.74) is 0.435. The van der Waals surface area contributed by atoms with Gasteiger partial charge in [-0.2, -0.15) is 0 Å². The number of carbonyl (C=O) groups is 2. The molecule has 0 unspecified atom stereocenters. The molecule has 0 aromatic heterocycles. The second-order valence-corrected chi connectivity index (χ2v) is 4.73. The van der Waals surface area contributed by atoms with Crippen molar-refractivity contribution in [3.63, 3.8) is 0 Å². The Balaban J connectivity index is 2.12. The quantitative estimate of drug-likeness (QED) is 0.303. The van der Waals surface area contributed by atoms with Crippen LogP contribution < -0.4 is 4.74 Å². The summed E-state index contributed by atoms with van der Waals surface area (Å²) in [7, 11) is 0. The van der Waals surface area contributed by atoms with Gasteiger partial charge in [0, 0.05) is 11.4 Å². The molecule has 110 valence electrons. The molecule has 20 heavy (non-hydrogen) atoms. The summed E-state index contributed by atoms with van der Waals surface area (Å²) in [4.78, 5) is 21.9. The Morgan fingerprint density at radius 3 is 2.30 bits per heavy atom. The number of halogens is 2. The summed E-state index contributed by atoms with van der Waals surface area (Å²) in [6.07, 6.45) is 1.74. The lowest BCUT2D eigenvalue weighted by Gasteiger charge is -2.07. The van der Waals surface area contributed by atoms with E-state index in [2.05, 4.69) is 0 Å². The smallest absolute Gasteiger partial charge is 0.306 e. The van der Waals surface area contributed by atoms with Crippen LogP contribution in [-0.4, -0.2) is 30.3 Å². The number of rotatable bonds is 9. The number of hydrogen-bond acceptors (Lipinski definition) is 4. The molecular weight excluding hydrogens is 303 g/mol. The van der Waals surface area contributed by atoms with Crippen LogP contribution in [0.5, 0.6) is 5.75 Å². The van der Waals surface area contributed by atoms with Gasteiger partial charge < -0.3 is 9.47 Å². The first-order chi connectivity index (χ1) is 9.63. The molecule has 1 aromatic rings. The standard InChI is InChI=1S/C14H16Cl2O4/c15-8-7-13(17)20-10-2-1-9-19-12-5-3-11(4-6-12)14(16)18/h3-6H,1-2,7-10H2. The Bertz CT molecular complexity index is 431. The van der Waals surface area contributed by atoms with Crippen LogP contribution in [-0.2, 0) is 9.53 Å². The molecule has 0 heterocycles. The van der Waals surface area contributed by atoms with E-state index in [0.717, 1.165) is 12.8 Å². The molecule has 1 rings (SSSR count). The van der Waals surface area contributed by atoms with Crippen LogP contribution in [0, 0.1) is 0 Å². The van der Waals surface area contributed by atoms with Gasteiger partial charge in [0.15, 0.2) is 0 Å². The lowest BCUT2D eigenvalue weighted by molar-refractivity contribution is -0.143. The number of unbranched alkanes of at least 4 members (excludes halogenated alkanes) is 1. The SMILES string of the molecule is O=C(CCCl)OCCCCOc1ccc(C(=O)Cl)cc1. The summed E-state index contributed by atoms with van der Waals surface area (Å²) in [5, 5.41) is -0.490. The van der Waals surface area contributed by atoms with E-state index in [1.807, 2.05) is 0 Å². The number of alkyl halides is 1. The molecule has 0 bridgehead atoms. The largest absolute Gasteiger partial charge is 0.494 e. The third-order valence-corrected chi connectivity index (χ3v) is 2.86. The van der Waals surface area contributed by atoms with Crippen molar-refractivity contribution in [2.45, 2.75) is 19.3 Å². The van der Waals surface area contributed by atoms with Gasteiger partial charge in [-0.1, -0.05) is 0 Å². The predicted octanol–water partition coefficient (Wildman–Crippen LogP) is 3.40. The molecule has 0 aliphatic rings. The van der Waals surface area contributed by atoms with Crippen molar-refractivity contribution in [2.24, 2.45) is 0 Å². The fourth-order valence-corrected chi connectivity index (χ4v) is 1.69. The molecule has 0 radical (unpaired) electrons. The van der Waals surface area contributed by atoms with Gasteiger partial charge in [0.05, 0.1) is 19.6 Å². The van der Waals surface area contributed by atoms with E-state index in [4.69, 9.17) is 32.7 Å². The lowest BCUT2D eigenvalue weighted by Crippen LogP contribution is -2.07. The first-order valence-corrected chi connectivity index (χ1v) is 7.19. The van der Waals surface area contributed by atoms with Crippen LogP contribution in [0.3, 0.4) is 0 Å². The van der Waals surface area contributed by atoms with Crippen LogP contribution in [0.4, 0.5) is 0 Å². The Morgan fingerprint density at radius 1 is 1.05 bits per heavy atom. The zero-order valence-corrected chi connectivity index (χ0v) is 12.5. The maximum Gasteiger partial charge on any atom is 0.306 e. The number of benzene rings is 1. The Morgan fingerprint density at radius 2 is 1.70 bits per heavy atom. The van der Waals surface area contributed by atoms with Gasteiger partial charge in [-0.25, -0.2) is 0 Å². The molecule has 6 heteroatoms. The summed E-state index contributed by atoms with van der Waals surface area (Å²) in [6, 6.07) is 6.60. The van der Waals surface area contributed by atoms with Gasteiger partial charge in [0.2, 0.25) is 0 Å². The molecule has 0 aliphatic carbocycles. The van der Waals surface area contributed by atoms with Gasteiger partial charge in [-0.3, -0.25) is 9.59 Å². The first-order valence-electron chi connectivity index (χ1n) is 6.28. The number of ether oxygens (including phenoxy) is 2. The van der Waals surface area contributed by atoms with Gasteiger partial charge >= 0.3 is 5.97 Å². The molecule has 0 fully saturated rings. The maximum absolute atomic E-state index is 11.0. The highest BCUT2D eigenvalue weighted by Crippen LogP contribution is 2.14. The normalized spacial score (nSPS) is 10.1. The average molecular weight is 319 g/mol. The Labute approximate surface area is 128 Å². The minimum absolute atomic E-state index is 0.240. The van der Waals surface area contributed by atoms with Gasteiger partial charge in [0.25, 0.3) is 5.24 Å². The van der Waals surface area contributed by atoms with Crippen molar-refractivity contribution in [2.75, 3.05) is 19.1 Å². The third-order valence-electron chi connectivity index (χ3n) is 2.45. The maximum atomic E-state index is 11.0. The van der Waals surface area contributed by atoms with E-state index in [9.17, 15) is 9.59 Å². The monoisotopic (exact) mass is 318 g/mol. The lowest BCUT2D eigenvalue weighted by atomic mass is 10.2. The highest BCUT2D eigenvalue weighted by molar-refractivity contribution is 6.67. The fourth-order valence-electron chi connectivity index (χ4n) is 1.41. The number of hydrogen-bond donors (Lipinski definition) is 0. The molecule has 0 saturated carbocycles. The van der Waals surface area contributed by atoms with E-state index in [1.165, 1.54) is 0 Å². The molecule has 0 atom stereocenters. The second kappa shape index (κ2) is 9.61. The van der Waals surface area contributed by atoms with Gasteiger partial charge in [-0.15, -0.1) is 11.6 Å². The average Bonchev–Trinajstić information content (AvgIpc) is 2.43. The molecule has 0 N–H and O–H groups in total. The van der Waals surface area contributed by atoms with Crippen molar-refractivity contribution < 1.29 is 19.1 Å². The number of carbonyl (C=O) groups excluding carboxylic acids is 2. The number of esters is 1. The molecule has 0 amide bonds. The molecule has 0 aliphatic heterocycles. The van der Waals surface area contributed by atoms with Crippen LogP contribution in [0.2, 0.25) is 0 Å². The van der Waals surface area contributed by atoms with Crippen molar-refractivity contribution in [1.82, 2.24) is 0 Å². The molecule has 0 spiro atoms. The minimum Gasteiger partial charge on any atom is -0.494 e. The van der Waals surface area contributed by atoms with E-state index in [-0.39, 0.29) is 18.3 Å². The minimum atomic E-state index is -0.490. The van der Waals surface area contributed by atoms with Crippen LogP contribution in [0.15, 0.2) is 24.3 Å². The fraction of sp³-hybridized carbons (Fsp3) is 0.429. The van der Waals surface area contributed by atoms with Gasteiger partial charge in [-0.05, 0) is 48.7 Å². The van der Waals surface area contributed by atoms with E-state index in [0.29, 0.717) is 24.5 Å². The van der Waals surface area contributed by atoms with E-state index >= 15 is 0 Å². The third kappa shape index (κ3) is 6.78. The topological polar surface area (TPSA) is 52.6 Å². The summed E-state index contributed by atoms with van der Waals surface area (Å²) in [5.74, 6) is 0.677. The highest BCUT2D eigenvalue weighted by atomic mass is 35.5. The van der Waals surface area contributed by atoms with Crippen LogP contribution in [0.25, 0.3) is 0 Å². The molecule has 1 aromatic carbocycles. The first kappa shape index (κ1) is 16.8. The predicted molar refractivity (Wildman–Crippen MR) is 77.7 cm³/mol. The summed E-state index contributed by atoms with van der Waals surface area (Å²) in [6.45, 7) is 0.889. The van der Waals surface area contributed by atoms with Crippen molar-refractivity contribution in [1.29, 1.82) is 0 Å². The second-order valence-electron chi connectivity index (χ2n) is 4.01. The van der Waals surface area contributed by atoms with E-state index < -0.39 is 5.24 Å². The Hall–Kier alpha value is -1.26. The molecule has 4 nitrogen and oxygen atoms in total. The summed E-state index contributed by atoms with van der Waals surface area (Å²) >= 11 is 10.7. The summed E-state index contributed by atoms with van der Waals surface area (Å²) < 4.78 is 10.4. The van der Waals surface area contributed by atoms with Crippen LogP contribution >= 0.6 is 23.2 Å². The Kier molecular flexibility index (Phi) is 8.07. The zero-order chi connectivity index (χ0) is 14.8. The zero-order valence-electron chi connectivity index (χ0n) is 10.9. The molecular formula is C14H16Cl2O4. The van der Waals surface area contributed by atoms with Crippen LogP contribution in [0.1, 0.15) is 29.6 Å². The van der Waals surface area contributed by atoms with Gasteiger partial charge in [0.1, 0.15) is 5.75 Å². The molecule has 0 saturated heterocycles. The highest BCUT2D eigenvalue weighted by Gasteiger charge is 2.02. The van der Waals surface area contributed by atoms with Crippen molar-refractivity contribution in [3.05, 3.63) is 29.8 Å². The van der Waals surface area contributed by atoms with Crippen molar-refractivity contribution >= 4 is 34.4 Å². The van der Waals surface area contributed by atoms with Crippen molar-refractivity contribution in [3.8, 4) is 5.75 Å². The van der Waals surface area contributed by atoms with E-state index in [1.54, 1.807) is 24.3 Å².